The van der Waals surface area contributed by atoms with E-state index in [9.17, 15) is 9.18 Å². The number of nitrogens with one attached hydrogen (secondary N) is 1. The number of Topliss-reactive ketones (excluding diaryl/α,β-unsaturated/α-hetero) is 1. The summed E-state index contributed by atoms with van der Waals surface area (Å²) in [6.45, 7) is 0. The Morgan fingerprint density at radius 1 is 0.907 bits per heavy atom. The topological polar surface area (TPSA) is 119 Å². The van der Waals surface area contributed by atoms with Crippen molar-refractivity contribution in [1.82, 2.24) is 25.1 Å². The molecule has 2 saturated carbocycles. The Morgan fingerprint density at radius 2 is 1.72 bits per heavy atom. The van der Waals surface area contributed by atoms with Gasteiger partial charge < -0.3 is 9.73 Å². The number of hydrogen-bond acceptors (Lipinski definition) is 10. The maximum absolute atomic E-state index is 14.9. The smallest absolute Gasteiger partial charge is 0.317 e. The molecule has 3 aliphatic rings. The van der Waals surface area contributed by atoms with Crippen LogP contribution in [0, 0.1) is 5.82 Å². The first-order chi connectivity index (χ1) is 21.1. The summed E-state index contributed by atoms with van der Waals surface area (Å²) in [4.78, 5) is 33.1. The highest BCUT2D eigenvalue weighted by molar-refractivity contribution is 7.15. The van der Waals surface area contributed by atoms with Gasteiger partial charge in [-0.3, -0.25) is 9.79 Å². The lowest BCUT2D eigenvalue weighted by Gasteiger charge is -2.22. The number of hydrogen-bond donors (Lipinski definition) is 1. The molecule has 4 heterocycles. The molecule has 1 atom stereocenters. The van der Waals surface area contributed by atoms with Crippen LogP contribution in [-0.2, 0) is 11.2 Å². The first-order valence-corrected chi connectivity index (χ1v) is 15.3. The van der Waals surface area contributed by atoms with Gasteiger partial charge in [0.15, 0.2) is 11.9 Å². The van der Waals surface area contributed by atoms with Crippen molar-refractivity contribution in [2.75, 3.05) is 5.32 Å². The predicted molar refractivity (Wildman–Crippen MR) is 160 cm³/mol. The molecule has 1 N–H and O–H groups in total. The molecule has 0 saturated heterocycles. The highest BCUT2D eigenvalue weighted by Gasteiger charge is 2.31. The molecular formula is C32H26FN7O2S. The SMILES string of the molecule is O=C1Cc2c(F)cccc2C(c2ccccc2)=N[C@@H]1Nc1nnc(-c2nc(C3CCC3)sc2-c2cnc(C3CC3)nc2)o1. The third-order valence-corrected chi connectivity index (χ3v) is 9.46. The number of benzene rings is 2. The Balaban J connectivity index is 1.13. The van der Waals surface area contributed by atoms with E-state index in [1.807, 2.05) is 42.7 Å². The van der Waals surface area contributed by atoms with Gasteiger partial charge in [-0.15, -0.1) is 16.4 Å². The minimum atomic E-state index is -1.06. The second kappa shape index (κ2) is 10.6. The van der Waals surface area contributed by atoms with E-state index in [-0.39, 0.29) is 24.1 Å². The quantitative estimate of drug-likeness (QED) is 0.233. The summed E-state index contributed by atoms with van der Waals surface area (Å²) in [5, 5.41) is 12.5. The summed E-state index contributed by atoms with van der Waals surface area (Å²) < 4.78 is 21.0. The Hall–Kier alpha value is -4.64. The lowest BCUT2D eigenvalue weighted by molar-refractivity contribution is -0.119. The number of nitrogens with zero attached hydrogens (tertiary/aromatic N) is 6. The lowest BCUT2D eigenvalue weighted by Crippen LogP contribution is -2.29. The number of anilines is 1. The summed E-state index contributed by atoms with van der Waals surface area (Å²) >= 11 is 1.61. The van der Waals surface area contributed by atoms with E-state index in [4.69, 9.17) is 14.4 Å². The van der Waals surface area contributed by atoms with E-state index >= 15 is 0 Å². The van der Waals surface area contributed by atoms with Gasteiger partial charge in [0.1, 0.15) is 17.3 Å². The second-order valence-corrected chi connectivity index (χ2v) is 12.2. The number of carbonyl (C=O) groups excluding carboxylic acids is 1. The van der Waals surface area contributed by atoms with Crippen LogP contribution < -0.4 is 5.32 Å². The predicted octanol–water partition coefficient (Wildman–Crippen LogP) is 6.33. The molecule has 2 aromatic carbocycles. The van der Waals surface area contributed by atoms with E-state index in [0.29, 0.717) is 34.4 Å². The molecule has 2 fully saturated rings. The molecule has 43 heavy (non-hydrogen) atoms. The zero-order valence-corrected chi connectivity index (χ0v) is 23.9. The number of aliphatic imine (C=N–C) groups is 1. The van der Waals surface area contributed by atoms with Crippen LogP contribution in [0.15, 0.2) is 70.3 Å². The number of fused-ring (bicyclic) bond motifs is 1. The third kappa shape index (κ3) is 4.93. The van der Waals surface area contributed by atoms with Gasteiger partial charge in [0.05, 0.1) is 15.6 Å². The molecule has 11 heteroatoms. The van der Waals surface area contributed by atoms with Crippen LogP contribution in [0.1, 0.15) is 71.5 Å². The van der Waals surface area contributed by atoms with Crippen molar-refractivity contribution in [3.05, 3.63) is 94.3 Å². The molecular weight excluding hydrogens is 565 g/mol. The monoisotopic (exact) mass is 591 g/mol. The molecule has 9 nitrogen and oxygen atoms in total. The fraction of sp³-hybridized carbons (Fsp3) is 0.281. The first kappa shape index (κ1) is 26.0. The maximum Gasteiger partial charge on any atom is 0.317 e. The zero-order chi connectivity index (χ0) is 28.9. The van der Waals surface area contributed by atoms with Crippen molar-refractivity contribution in [1.29, 1.82) is 0 Å². The van der Waals surface area contributed by atoms with Crippen LogP contribution in [0.2, 0.25) is 0 Å². The molecule has 3 aromatic heterocycles. The molecule has 8 rings (SSSR count). The van der Waals surface area contributed by atoms with Crippen molar-refractivity contribution in [3.63, 3.8) is 0 Å². The van der Waals surface area contributed by atoms with Crippen LogP contribution in [-0.4, -0.2) is 42.8 Å². The number of aromatic nitrogens is 5. The van der Waals surface area contributed by atoms with Gasteiger partial charge in [0.2, 0.25) is 0 Å². The van der Waals surface area contributed by atoms with Crippen LogP contribution >= 0.6 is 11.3 Å². The number of rotatable bonds is 7. The number of thiazole rings is 1. The van der Waals surface area contributed by atoms with Crippen molar-refractivity contribution >= 4 is 28.8 Å². The van der Waals surface area contributed by atoms with Crippen LogP contribution in [0.3, 0.4) is 0 Å². The molecule has 0 amide bonds. The van der Waals surface area contributed by atoms with E-state index in [0.717, 1.165) is 52.5 Å². The van der Waals surface area contributed by atoms with Gasteiger partial charge in [-0.25, -0.2) is 19.3 Å². The van der Waals surface area contributed by atoms with Gasteiger partial charge in [0.25, 0.3) is 5.89 Å². The number of carbonyl (C=O) groups is 1. The molecule has 0 bridgehead atoms. The van der Waals surface area contributed by atoms with Gasteiger partial charge in [-0.05, 0) is 31.7 Å². The van der Waals surface area contributed by atoms with Crippen molar-refractivity contribution in [3.8, 4) is 22.0 Å². The summed E-state index contributed by atoms with van der Waals surface area (Å²) in [5.74, 6) is 1.23. The largest absolute Gasteiger partial charge is 0.402 e. The Morgan fingerprint density at radius 3 is 2.47 bits per heavy atom. The Labute approximate surface area is 250 Å². The molecule has 1 aliphatic heterocycles. The summed E-state index contributed by atoms with van der Waals surface area (Å²) in [6.07, 6.45) is 8.18. The summed E-state index contributed by atoms with van der Waals surface area (Å²) in [5.41, 5.74) is 3.61. The van der Waals surface area contributed by atoms with E-state index in [2.05, 4.69) is 25.5 Å². The molecule has 0 unspecified atom stereocenters. The summed E-state index contributed by atoms with van der Waals surface area (Å²) in [7, 11) is 0. The van der Waals surface area contributed by atoms with Gasteiger partial charge >= 0.3 is 6.01 Å². The highest BCUT2D eigenvalue weighted by atomic mass is 32.1. The standard InChI is InChI=1S/C32H26FN7O2S/c33-23-11-5-10-21-22(23)14-24(41)29(36-25(21)17-6-2-1-3-7-17)38-32-40-39-30(42-32)26-27(43-31(37-26)19-8-4-9-19)20-15-34-28(35-16-20)18-12-13-18/h1-3,5-7,10-11,15-16,18-19,29H,4,8-9,12-14H2,(H,38,40)/t29-/m1/s1. The van der Waals surface area contributed by atoms with Crippen molar-refractivity contribution in [2.45, 2.75) is 56.5 Å². The number of ketones is 1. The highest BCUT2D eigenvalue weighted by Crippen LogP contribution is 2.45. The van der Waals surface area contributed by atoms with Crippen molar-refractivity contribution in [2.24, 2.45) is 4.99 Å². The molecule has 2 aliphatic carbocycles. The van der Waals surface area contributed by atoms with E-state index < -0.39 is 12.0 Å². The fourth-order valence-corrected chi connectivity index (χ4v) is 6.65. The van der Waals surface area contributed by atoms with Gasteiger partial charge in [-0.2, -0.15) is 0 Å². The molecule has 5 aromatic rings. The zero-order valence-electron chi connectivity index (χ0n) is 23.0. The van der Waals surface area contributed by atoms with Crippen molar-refractivity contribution < 1.29 is 13.6 Å². The first-order valence-electron chi connectivity index (χ1n) is 14.5. The van der Waals surface area contributed by atoms with Crippen LogP contribution in [0.25, 0.3) is 22.0 Å². The number of halogens is 1. The molecule has 0 spiro atoms. The Kier molecular flexibility index (Phi) is 6.40. The summed E-state index contributed by atoms with van der Waals surface area (Å²) in [6, 6.07) is 14.2. The maximum atomic E-state index is 14.9. The van der Waals surface area contributed by atoms with E-state index in [1.54, 1.807) is 23.5 Å². The third-order valence-electron chi connectivity index (χ3n) is 8.20. The molecule has 0 radical (unpaired) electrons. The van der Waals surface area contributed by atoms with E-state index in [1.165, 1.54) is 12.5 Å². The fourth-order valence-electron chi connectivity index (χ4n) is 5.45. The minimum Gasteiger partial charge on any atom is -0.402 e. The van der Waals surface area contributed by atoms with Crippen LogP contribution in [0.4, 0.5) is 10.4 Å². The molecule has 214 valence electrons. The normalized spacial score (nSPS) is 18.5. The Bertz CT molecular complexity index is 1860. The van der Waals surface area contributed by atoms with Crippen LogP contribution in [0.5, 0.6) is 0 Å². The average molecular weight is 592 g/mol. The average Bonchev–Trinajstić information content (AvgIpc) is 3.64. The van der Waals surface area contributed by atoms with Gasteiger partial charge in [0, 0.05) is 52.9 Å². The minimum absolute atomic E-state index is 0.0282. The lowest BCUT2D eigenvalue weighted by atomic mass is 9.86. The van der Waals surface area contributed by atoms with Gasteiger partial charge in [-0.1, -0.05) is 54.0 Å². The second-order valence-electron chi connectivity index (χ2n) is 11.2.